The standard InChI is InChI=1S/C10H19NO2/c1-13-8-10-4-2-6-11(10)9(7-12)3-5-10/h9,12H,2-8H2,1H3/t9-,10-/m1/s1. The van der Waals surface area contributed by atoms with Gasteiger partial charge in [-0.2, -0.15) is 0 Å². The molecule has 13 heavy (non-hydrogen) atoms. The van der Waals surface area contributed by atoms with Crippen LogP contribution in [0.1, 0.15) is 25.7 Å². The first-order chi connectivity index (χ1) is 6.32. The van der Waals surface area contributed by atoms with E-state index < -0.39 is 0 Å². The summed E-state index contributed by atoms with van der Waals surface area (Å²) >= 11 is 0. The molecule has 0 spiro atoms. The van der Waals surface area contributed by atoms with Crippen LogP contribution in [0.5, 0.6) is 0 Å². The van der Waals surface area contributed by atoms with Crippen LogP contribution >= 0.6 is 0 Å². The minimum absolute atomic E-state index is 0.280. The van der Waals surface area contributed by atoms with E-state index in [0.29, 0.717) is 12.6 Å². The van der Waals surface area contributed by atoms with Crippen LogP contribution in [0.15, 0.2) is 0 Å². The normalized spacial score (nSPS) is 39.7. The lowest BCUT2D eigenvalue weighted by molar-refractivity contribution is 0.0374. The van der Waals surface area contributed by atoms with Gasteiger partial charge < -0.3 is 9.84 Å². The molecule has 3 heteroatoms. The molecular weight excluding hydrogens is 166 g/mol. The Morgan fingerprint density at radius 1 is 1.54 bits per heavy atom. The van der Waals surface area contributed by atoms with Crippen molar-refractivity contribution in [2.75, 3.05) is 26.9 Å². The molecule has 0 aromatic carbocycles. The lowest BCUT2D eigenvalue weighted by Crippen LogP contribution is -2.46. The smallest absolute Gasteiger partial charge is 0.0646 e. The predicted molar refractivity (Wildman–Crippen MR) is 50.7 cm³/mol. The highest BCUT2D eigenvalue weighted by Crippen LogP contribution is 2.42. The number of nitrogens with zero attached hydrogens (tertiary/aromatic N) is 1. The first-order valence-corrected chi connectivity index (χ1v) is 5.19. The summed E-state index contributed by atoms with van der Waals surface area (Å²) in [5.41, 5.74) is 0.280. The van der Waals surface area contributed by atoms with E-state index in [9.17, 15) is 5.11 Å². The monoisotopic (exact) mass is 185 g/mol. The van der Waals surface area contributed by atoms with Crippen molar-refractivity contribution in [2.45, 2.75) is 37.3 Å². The molecule has 2 fully saturated rings. The lowest BCUT2D eigenvalue weighted by atomic mass is 9.95. The van der Waals surface area contributed by atoms with E-state index in [2.05, 4.69) is 4.90 Å². The molecule has 0 amide bonds. The average molecular weight is 185 g/mol. The van der Waals surface area contributed by atoms with E-state index >= 15 is 0 Å². The van der Waals surface area contributed by atoms with Gasteiger partial charge in [0.25, 0.3) is 0 Å². The second-order valence-corrected chi connectivity index (χ2v) is 4.33. The third-order valence-corrected chi connectivity index (χ3v) is 3.66. The van der Waals surface area contributed by atoms with E-state index in [1.54, 1.807) is 7.11 Å². The van der Waals surface area contributed by atoms with Gasteiger partial charge in [-0.05, 0) is 32.2 Å². The summed E-state index contributed by atoms with van der Waals surface area (Å²) in [4.78, 5) is 2.47. The minimum Gasteiger partial charge on any atom is -0.395 e. The largest absolute Gasteiger partial charge is 0.395 e. The van der Waals surface area contributed by atoms with Crippen LogP contribution in [0, 0.1) is 0 Å². The van der Waals surface area contributed by atoms with Gasteiger partial charge >= 0.3 is 0 Å². The Labute approximate surface area is 79.7 Å². The minimum atomic E-state index is 0.280. The molecule has 0 aromatic rings. The molecule has 2 heterocycles. The van der Waals surface area contributed by atoms with Gasteiger partial charge in [-0.25, -0.2) is 0 Å². The maximum absolute atomic E-state index is 9.21. The third-order valence-electron chi connectivity index (χ3n) is 3.66. The third kappa shape index (κ3) is 1.39. The first kappa shape index (κ1) is 9.44. The molecule has 3 nitrogen and oxygen atoms in total. The number of fused-ring (bicyclic) bond motifs is 1. The maximum atomic E-state index is 9.21. The average Bonchev–Trinajstić information content (AvgIpc) is 2.62. The van der Waals surface area contributed by atoms with Crippen molar-refractivity contribution in [1.82, 2.24) is 4.90 Å². The summed E-state index contributed by atoms with van der Waals surface area (Å²) in [7, 11) is 1.78. The highest BCUT2D eigenvalue weighted by atomic mass is 16.5. The molecular formula is C10H19NO2. The zero-order valence-electron chi connectivity index (χ0n) is 8.33. The van der Waals surface area contributed by atoms with Crippen molar-refractivity contribution in [3.8, 4) is 0 Å². The SMILES string of the molecule is COC[C@]12CCCN1[C@@H](CO)CC2. The van der Waals surface area contributed by atoms with Crippen LogP contribution in [0.4, 0.5) is 0 Å². The summed E-state index contributed by atoms with van der Waals surface area (Å²) in [6, 6.07) is 0.401. The number of aliphatic hydroxyl groups is 1. The molecule has 2 aliphatic rings. The van der Waals surface area contributed by atoms with Gasteiger partial charge in [0.15, 0.2) is 0 Å². The molecule has 0 bridgehead atoms. The number of ether oxygens (including phenoxy) is 1. The summed E-state index contributed by atoms with van der Waals surface area (Å²) in [6.45, 7) is 2.30. The molecule has 2 aliphatic heterocycles. The second-order valence-electron chi connectivity index (χ2n) is 4.33. The van der Waals surface area contributed by atoms with E-state index in [4.69, 9.17) is 4.74 Å². The highest BCUT2D eigenvalue weighted by molar-refractivity contribution is 5.04. The zero-order valence-corrected chi connectivity index (χ0v) is 8.33. The van der Waals surface area contributed by atoms with Crippen molar-refractivity contribution in [2.24, 2.45) is 0 Å². The Morgan fingerprint density at radius 2 is 2.38 bits per heavy atom. The van der Waals surface area contributed by atoms with Gasteiger partial charge in [-0.15, -0.1) is 0 Å². The number of hydrogen-bond donors (Lipinski definition) is 1. The van der Waals surface area contributed by atoms with Gasteiger partial charge in [-0.3, -0.25) is 4.90 Å². The number of aliphatic hydroxyl groups excluding tert-OH is 1. The van der Waals surface area contributed by atoms with E-state index in [-0.39, 0.29) is 5.54 Å². The second kappa shape index (κ2) is 3.56. The molecule has 0 saturated carbocycles. The van der Waals surface area contributed by atoms with Crippen LogP contribution in [-0.4, -0.2) is 48.5 Å². The molecule has 0 radical (unpaired) electrons. The Hall–Kier alpha value is -0.120. The fraction of sp³-hybridized carbons (Fsp3) is 1.00. The van der Waals surface area contributed by atoms with Crippen LogP contribution < -0.4 is 0 Å². The number of rotatable bonds is 3. The summed E-state index contributed by atoms with van der Waals surface area (Å²) < 4.78 is 5.30. The first-order valence-electron chi connectivity index (χ1n) is 5.19. The van der Waals surface area contributed by atoms with Gasteiger partial charge in [0, 0.05) is 18.7 Å². The van der Waals surface area contributed by atoms with Crippen molar-refractivity contribution in [3.63, 3.8) is 0 Å². The topological polar surface area (TPSA) is 32.7 Å². The van der Waals surface area contributed by atoms with E-state index in [1.165, 1.54) is 19.3 Å². The summed E-state index contributed by atoms with van der Waals surface area (Å²) in [5.74, 6) is 0. The number of hydrogen-bond acceptors (Lipinski definition) is 3. The van der Waals surface area contributed by atoms with Gasteiger partial charge in [0.1, 0.15) is 0 Å². The number of methoxy groups -OCH3 is 1. The van der Waals surface area contributed by atoms with Crippen molar-refractivity contribution < 1.29 is 9.84 Å². The van der Waals surface area contributed by atoms with Crippen molar-refractivity contribution in [3.05, 3.63) is 0 Å². The highest BCUT2D eigenvalue weighted by Gasteiger charge is 2.48. The quantitative estimate of drug-likeness (QED) is 0.699. The molecule has 0 unspecified atom stereocenters. The van der Waals surface area contributed by atoms with Gasteiger partial charge in [0.05, 0.1) is 13.2 Å². The zero-order chi connectivity index (χ0) is 9.31. The van der Waals surface area contributed by atoms with Gasteiger partial charge in [-0.1, -0.05) is 0 Å². The molecule has 76 valence electrons. The Bertz CT molecular complexity index is 186. The summed E-state index contributed by atoms with van der Waals surface area (Å²) in [5, 5.41) is 9.21. The van der Waals surface area contributed by atoms with Crippen LogP contribution in [-0.2, 0) is 4.74 Å². The van der Waals surface area contributed by atoms with Crippen LogP contribution in [0.25, 0.3) is 0 Å². The Morgan fingerprint density at radius 3 is 3.08 bits per heavy atom. The van der Waals surface area contributed by atoms with Gasteiger partial charge in [0.2, 0.25) is 0 Å². The fourth-order valence-corrected chi connectivity index (χ4v) is 3.07. The molecule has 2 saturated heterocycles. The molecule has 2 atom stereocenters. The molecule has 2 rings (SSSR count). The fourth-order valence-electron chi connectivity index (χ4n) is 3.07. The van der Waals surface area contributed by atoms with Crippen LogP contribution in [0.3, 0.4) is 0 Å². The molecule has 1 N–H and O–H groups in total. The predicted octanol–water partition coefficient (Wildman–Crippen LogP) is 0.622. The Balaban J connectivity index is 2.09. The van der Waals surface area contributed by atoms with Crippen LogP contribution in [0.2, 0.25) is 0 Å². The molecule has 0 aromatic heterocycles. The van der Waals surface area contributed by atoms with Crippen molar-refractivity contribution in [1.29, 1.82) is 0 Å². The van der Waals surface area contributed by atoms with Crippen molar-refractivity contribution >= 4 is 0 Å². The Kier molecular flexibility index (Phi) is 2.58. The summed E-state index contributed by atoms with van der Waals surface area (Å²) in [6.07, 6.45) is 4.85. The lowest BCUT2D eigenvalue weighted by Gasteiger charge is -2.33. The maximum Gasteiger partial charge on any atom is 0.0646 e. The molecule has 0 aliphatic carbocycles. The van der Waals surface area contributed by atoms with E-state index in [0.717, 1.165) is 19.6 Å². The van der Waals surface area contributed by atoms with E-state index in [1.807, 2.05) is 0 Å².